The van der Waals surface area contributed by atoms with Crippen LogP contribution in [0.4, 0.5) is 11.4 Å². The molecule has 0 heterocycles. The molecule has 0 aliphatic rings. The maximum absolute atomic E-state index is 11.4. The van der Waals surface area contributed by atoms with E-state index in [1.165, 1.54) is 0 Å². The molecule has 4 heteroatoms. The van der Waals surface area contributed by atoms with Crippen molar-refractivity contribution in [2.24, 2.45) is 5.41 Å². The third kappa shape index (κ3) is 3.86. The van der Waals surface area contributed by atoms with Crippen LogP contribution in [0.2, 0.25) is 0 Å². The molecular formula is C14H24N2O2. The Hall–Kier alpha value is -1.32. The van der Waals surface area contributed by atoms with Crippen molar-refractivity contribution in [2.75, 3.05) is 23.7 Å². The summed E-state index contributed by atoms with van der Waals surface area (Å²) in [7, 11) is 0. The first kappa shape index (κ1) is 14.7. The van der Waals surface area contributed by atoms with Crippen molar-refractivity contribution in [2.45, 2.75) is 47.0 Å². The van der Waals surface area contributed by atoms with Gasteiger partial charge in [-0.15, -0.1) is 0 Å². The minimum atomic E-state index is -0.387. The Labute approximate surface area is 108 Å². The summed E-state index contributed by atoms with van der Waals surface area (Å²) in [5.74, 6) is 0. The Morgan fingerprint density at radius 1 is 0.944 bits per heavy atom. The van der Waals surface area contributed by atoms with E-state index in [-0.39, 0.29) is 10.9 Å². The first-order valence-corrected chi connectivity index (χ1v) is 6.68. The van der Waals surface area contributed by atoms with E-state index in [0.717, 1.165) is 32.4 Å². The summed E-state index contributed by atoms with van der Waals surface area (Å²) in [6.07, 6.45) is 3.02. The highest BCUT2D eigenvalue weighted by atomic mass is 16.2. The number of nitrogens with one attached hydrogen (secondary N) is 2. The van der Waals surface area contributed by atoms with Gasteiger partial charge in [-0.3, -0.25) is 9.59 Å². The largest absolute Gasteiger partial charge is 0.380 e. The van der Waals surface area contributed by atoms with Crippen molar-refractivity contribution < 1.29 is 0 Å². The Balaban J connectivity index is 2.45. The van der Waals surface area contributed by atoms with Crippen LogP contribution in [0.25, 0.3) is 0 Å². The Kier molecular flexibility index (Phi) is 4.93. The normalized spacial score (nSPS) is 11.8. The van der Waals surface area contributed by atoms with Gasteiger partial charge in [-0.25, -0.2) is 0 Å². The van der Waals surface area contributed by atoms with Crippen molar-refractivity contribution in [3.05, 3.63) is 20.4 Å². The maximum atomic E-state index is 11.4. The third-order valence-corrected chi connectivity index (χ3v) is 2.87. The van der Waals surface area contributed by atoms with E-state index in [2.05, 4.69) is 31.4 Å². The first-order valence-electron chi connectivity index (χ1n) is 6.68. The zero-order valence-corrected chi connectivity index (χ0v) is 11.9. The predicted molar refractivity (Wildman–Crippen MR) is 77.3 cm³/mol. The van der Waals surface area contributed by atoms with Crippen LogP contribution < -0.4 is 21.5 Å². The van der Waals surface area contributed by atoms with Gasteiger partial charge in [0, 0.05) is 13.1 Å². The van der Waals surface area contributed by atoms with E-state index < -0.39 is 0 Å². The SMILES string of the molecule is CCCNc1c(NCCCC(C)(C)C)c(=O)c1=O. The molecule has 4 nitrogen and oxygen atoms in total. The van der Waals surface area contributed by atoms with Crippen LogP contribution >= 0.6 is 0 Å². The van der Waals surface area contributed by atoms with Gasteiger partial charge in [0.05, 0.1) is 0 Å². The van der Waals surface area contributed by atoms with Gasteiger partial charge in [0.15, 0.2) is 0 Å². The van der Waals surface area contributed by atoms with Crippen LogP contribution in [0, 0.1) is 5.41 Å². The zero-order chi connectivity index (χ0) is 13.8. The molecule has 1 rings (SSSR count). The minimum Gasteiger partial charge on any atom is -0.380 e. The molecule has 1 aromatic rings. The summed E-state index contributed by atoms with van der Waals surface area (Å²) in [5, 5.41) is 6.08. The van der Waals surface area contributed by atoms with Crippen LogP contribution in [-0.4, -0.2) is 13.1 Å². The standard InChI is InChI=1S/C14H24N2O2/c1-5-8-15-10-11(13(18)12(10)17)16-9-6-7-14(2,3)4/h15-16H,5-9H2,1-4H3. The number of hydrogen-bond acceptors (Lipinski definition) is 4. The predicted octanol–water partition coefficient (Wildman–Crippen LogP) is 2.34. The van der Waals surface area contributed by atoms with Crippen LogP contribution in [0.5, 0.6) is 0 Å². The molecule has 2 N–H and O–H groups in total. The number of anilines is 2. The number of hydrogen-bond donors (Lipinski definition) is 2. The van der Waals surface area contributed by atoms with Gasteiger partial charge in [0.2, 0.25) is 0 Å². The van der Waals surface area contributed by atoms with Gasteiger partial charge >= 0.3 is 0 Å². The minimum absolute atomic E-state index is 0.304. The number of rotatable bonds is 7. The summed E-state index contributed by atoms with van der Waals surface area (Å²) >= 11 is 0. The second-order valence-corrected chi connectivity index (χ2v) is 5.93. The first-order chi connectivity index (χ1) is 8.37. The van der Waals surface area contributed by atoms with Gasteiger partial charge in [0.25, 0.3) is 10.9 Å². The maximum Gasteiger partial charge on any atom is 0.253 e. The molecule has 0 unspecified atom stereocenters. The quantitative estimate of drug-likeness (QED) is 0.577. The molecule has 0 aliphatic carbocycles. The van der Waals surface area contributed by atoms with E-state index in [4.69, 9.17) is 0 Å². The molecule has 102 valence electrons. The highest BCUT2D eigenvalue weighted by molar-refractivity contribution is 5.73. The molecule has 0 fully saturated rings. The van der Waals surface area contributed by atoms with Crippen molar-refractivity contribution in [3.63, 3.8) is 0 Å². The van der Waals surface area contributed by atoms with Crippen LogP contribution in [0.3, 0.4) is 0 Å². The summed E-state index contributed by atoms with van der Waals surface area (Å²) < 4.78 is 0. The lowest BCUT2D eigenvalue weighted by Gasteiger charge is -2.19. The average Bonchev–Trinajstić information content (AvgIpc) is 2.29. The Morgan fingerprint density at radius 3 is 1.89 bits per heavy atom. The summed E-state index contributed by atoms with van der Waals surface area (Å²) in [6, 6.07) is 0. The zero-order valence-electron chi connectivity index (χ0n) is 11.9. The molecule has 0 atom stereocenters. The Morgan fingerprint density at radius 2 is 1.44 bits per heavy atom. The fourth-order valence-electron chi connectivity index (χ4n) is 1.81. The van der Waals surface area contributed by atoms with Crippen molar-refractivity contribution in [1.29, 1.82) is 0 Å². The summed E-state index contributed by atoms with van der Waals surface area (Å²) in [5.41, 5.74) is 0.477. The van der Waals surface area contributed by atoms with Gasteiger partial charge in [0.1, 0.15) is 11.4 Å². The molecule has 18 heavy (non-hydrogen) atoms. The summed E-state index contributed by atoms with van der Waals surface area (Å²) in [6.45, 7) is 10.1. The van der Waals surface area contributed by atoms with E-state index in [1.54, 1.807) is 0 Å². The van der Waals surface area contributed by atoms with Gasteiger partial charge in [-0.1, -0.05) is 27.7 Å². The molecule has 0 saturated heterocycles. The van der Waals surface area contributed by atoms with Gasteiger partial charge in [-0.2, -0.15) is 0 Å². The fraction of sp³-hybridized carbons (Fsp3) is 0.714. The molecule has 0 amide bonds. The van der Waals surface area contributed by atoms with E-state index in [1.807, 2.05) is 6.92 Å². The van der Waals surface area contributed by atoms with Gasteiger partial charge < -0.3 is 10.6 Å². The monoisotopic (exact) mass is 252 g/mol. The van der Waals surface area contributed by atoms with Gasteiger partial charge in [-0.05, 0) is 24.7 Å². The third-order valence-electron chi connectivity index (χ3n) is 2.87. The molecule has 0 aliphatic heterocycles. The van der Waals surface area contributed by atoms with E-state index >= 15 is 0 Å². The second kappa shape index (κ2) is 6.03. The average molecular weight is 252 g/mol. The molecular weight excluding hydrogens is 228 g/mol. The molecule has 0 spiro atoms. The lowest BCUT2D eigenvalue weighted by molar-refractivity contribution is 0.370. The molecule has 1 aromatic carbocycles. The van der Waals surface area contributed by atoms with Crippen LogP contribution in [-0.2, 0) is 0 Å². The highest BCUT2D eigenvalue weighted by Crippen LogP contribution is 2.21. The Bertz CT molecular complexity index is 451. The van der Waals surface area contributed by atoms with Crippen LogP contribution in [0.15, 0.2) is 9.59 Å². The smallest absolute Gasteiger partial charge is 0.253 e. The highest BCUT2D eigenvalue weighted by Gasteiger charge is 2.19. The molecule has 0 bridgehead atoms. The molecule has 0 saturated carbocycles. The lowest BCUT2D eigenvalue weighted by atomic mass is 9.90. The van der Waals surface area contributed by atoms with E-state index in [0.29, 0.717) is 16.8 Å². The fourth-order valence-corrected chi connectivity index (χ4v) is 1.81. The lowest BCUT2D eigenvalue weighted by Crippen LogP contribution is -2.37. The molecule has 0 radical (unpaired) electrons. The summed E-state index contributed by atoms with van der Waals surface area (Å²) in [4.78, 5) is 22.8. The van der Waals surface area contributed by atoms with Crippen molar-refractivity contribution in [3.8, 4) is 0 Å². The molecule has 0 aromatic heterocycles. The second-order valence-electron chi connectivity index (χ2n) is 5.93. The van der Waals surface area contributed by atoms with Crippen molar-refractivity contribution in [1.82, 2.24) is 0 Å². The van der Waals surface area contributed by atoms with E-state index in [9.17, 15) is 9.59 Å². The van der Waals surface area contributed by atoms with Crippen molar-refractivity contribution >= 4 is 11.4 Å². The topological polar surface area (TPSA) is 58.2 Å². The van der Waals surface area contributed by atoms with Crippen LogP contribution in [0.1, 0.15) is 47.0 Å².